The summed E-state index contributed by atoms with van der Waals surface area (Å²) < 4.78 is 10.6. The van der Waals surface area contributed by atoms with E-state index in [1.54, 1.807) is 0 Å². The van der Waals surface area contributed by atoms with Gasteiger partial charge < -0.3 is 25.7 Å². The summed E-state index contributed by atoms with van der Waals surface area (Å²) in [4.78, 5) is 29.2. The highest BCUT2D eigenvalue weighted by molar-refractivity contribution is 8.54. The SMILES string of the molecule is Cc1ccccc1NC(=O)NCCCCCCNCCSP(=O)(O)O. The minimum absolute atomic E-state index is 0.182. The van der Waals surface area contributed by atoms with E-state index in [0.717, 1.165) is 43.5 Å². The van der Waals surface area contributed by atoms with Crippen molar-refractivity contribution < 1.29 is 19.1 Å². The molecule has 0 aliphatic rings. The van der Waals surface area contributed by atoms with Crippen LogP contribution in [0.1, 0.15) is 31.2 Å². The summed E-state index contributed by atoms with van der Waals surface area (Å²) >= 11 is 0.670. The van der Waals surface area contributed by atoms with Crippen molar-refractivity contribution in [2.75, 3.05) is 30.7 Å². The monoisotopic (exact) mass is 389 g/mol. The van der Waals surface area contributed by atoms with Crippen molar-refractivity contribution in [3.8, 4) is 0 Å². The molecule has 0 aliphatic heterocycles. The van der Waals surface area contributed by atoms with Crippen LogP contribution in [0.25, 0.3) is 0 Å². The first-order valence-corrected chi connectivity index (χ1v) is 11.6. The van der Waals surface area contributed by atoms with Gasteiger partial charge in [-0.3, -0.25) is 0 Å². The molecule has 0 aliphatic carbocycles. The number of hydrogen-bond acceptors (Lipinski definition) is 4. The first-order chi connectivity index (χ1) is 11.9. The van der Waals surface area contributed by atoms with E-state index >= 15 is 0 Å². The third-order valence-electron chi connectivity index (χ3n) is 3.50. The molecule has 0 atom stereocenters. The van der Waals surface area contributed by atoms with Crippen LogP contribution in [0.4, 0.5) is 10.5 Å². The Kier molecular flexibility index (Phi) is 10.8. The molecule has 0 bridgehead atoms. The van der Waals surface area contributed by atoms with Gasteiger partial charge in [0.25, 0.3) is 0 Å². The Morgan fingerprint density at radius 3 is 2.44 bits per heavy atom. The lowest BCUT2D eigenvalue weighted by Gasteiger charge is -2.09. The number of urea groups is 1. The molecule has 2 amide bonds. The van der Waals surface area contributed by atoms with Gasteiger partial charge >= 0.3 is 12.8 Å². The second kappa shape index (κ2) is 12.3. The molecule has 9 heteroatoms. The molecule has 0 spiro atoms. The van der Waals surface area contributed by atoms with Crippen molar-refractivity contribution in [3.05, 3.63) is 29.8 Å². The Balaban J connectivity index is 1.92. The molecule has 0 aromatic heterocycles. The molecule has 1 rings (SSSR count). The first kappa shape index (κ1) is 22.0. The molecular formula is C16H28N3O4PS. The van der Waals surface area contributed by atoms with E-state index in [4.69, 9.17) is 9.79 Å². The van der Waals surface area contributed by atoms with Crippen LogP contribution in [0, 0.1) is 6.92 Å². The van der Waals surface area contributed by atoms with E-state index in [0.29, 0.717) is 30.2 Å². The quantitative estimate of drug-likeness (QED) is 0.278. The Morgan fingerprint density at radius 1 is 1.08 bits per heavy atom. The Labute approximate surface area is 153 Å². The number of hydrogen-bond donors (Lipinski definition) is 5. The number of para-hydroxylation sites is 1. The van der Waals surface area contributed by atoms with Gasteiger partial charge in [-0.2, -0.15) is 0 Å². The number of anilines is 1. The van der Waals surface area contributed by atoms with Gasteiger partial charge in [0.2, 0.25) is 0 Å². The van der Waals surface area contributed by atoms with E-state index in [-0.39, 0.29) is 6.03 Å². The lowest BCUT2D eigenvalue weighted by atomic mass is 10.2. The molecule has 1 aromatic rings. The summed E-state index contributed by atoms with van der Waals surface area (Å²) in [6.45, 7) is 0.0896. The highest BCUT2D eigenvalue weighted by Crippen LogP contribution is 2.49. The third kappa shape index (κ3) is 12.0. The summed E-state index contributed by atoms with van der Waals surface area (Å²) in [6.07, 6.45) is 4.02. The summed E-state index contributed by atoms with van der Waals surface area (Å²) in [5, 5.41) is 8.84. The highest BCUT2D eigenvalue weighted by Gasteiger charge is 2.11. The number of benzene rings is 1. The normalized spacial score (nSPS) is 11.3. The summed E-state index contributed by atoms with van der Waals surface area (Å²) in [5.74, 6) is 0.407. The number of rotatable bonds is 12. The number of unbranched alkanes of at least 4 members (excludes halogenated alkanes) is 3. The average molecular weight is 389 g/mol. The molecule has 0 unspecified atom stereocenters. The molecule has 25 heavy (non-hydrogen) atoms. The first-order valence-electron chi connectivity index (χ1n) is 8.40. The number of carbonyl (C=O) groups excluding carboxylic acids is 1. The minimum atomic E-state index is -3.94. The molecule has 0 saturated heterocycles. The van der Waals surface area contributed by atoms with Crippen molar-refractivity contribution in [1.29, 1.82) is 0 Å². The van der Waals surface area contributed by atoms with Gasteiger partial charge in [0.1, 0.15) is 0 Å². The predicted molar refractivity (Wildman–Crippen MR) is 104 cm³/mol. The van der Waals surface area contributed by atoms with Gasteiger partial charge in [-0.25, -0.2) is 9.36 Å². The molecular weight excluding hydrogens is 361 g/mol. The molecule has 1 aromatic carbocycles. The van der Waals surface area contributed by atoms with E-state index in [2.05, 4.69) is 16.0 Å². The molecule has 0 radical (unpaired) electrons. The Hall–Kier alpha value is -1.05. The maximum atomic E-state index is 11.8. The smallest absolute Gasteiger partial charge is 0.338 e. The zero-order valence-corrected chi connectivity index (χ0v) is 16.2. The van der Waals surface area contributed by atoms with Crippen LogP contribution in [0.5, 0.6) is 0 Å². The van der Waals surface area contributed by atoms with E-state index in [9.17, 15) is 9.36 Å². The predicted octanol–water partition coefficient (Wildman–Crippen LogP) is 3.09. The van der Waals surface area contributed by atoms with Crippen molar-refractivity contribution in [2.45, 2.75) is 32.6 Å². The summed E-state index contributed by atoms with van der Waals surface area (Å²) in [5.41, 5.74) is 1.85. The van der Waals surface area contributed by atoms with Crippen LogP contribution in [0.15, 0.2) is 24.3 Å². The number of amides is 2. The van der Waals surface area contributed by atoms with Crippen LogP contribution in [-0.2, 0) is 4.57 Å². The van der Waals surface area contributed by atoms with Crippen LogP contribution in [0.2, 0.25) is 0 Å². The van der Waals surface area contributed by atoms with Crippen LogP contribution in [0.3, 0.4) is 0 Å². The van der Waals surface area contributed by atoms with Gasteiger partial charge in [0, 0.05) is 24.5 Å². The fourth-order valence-electron chi connectivity index (χ4n) is 2.17. The Bertz CT molecular complexity index is 568. The van der Waals surface area contributed by atoms with Crippen molar-refractivity contribution in [2.24, 2.45) is 0 Å². The van der Waals surface area contributed by atoms with Crippen LogP contribution in [-0.4, -0.2) is 41.2 Å². The average Bonchev–Trinajstić information content (AvgIpc) is 2.53. The van der Waals surface area contributed by atoms with E-state index < -0.39 is 6.80 Å². The largest absolute Gasteiger partial charge is 0.384 e. The molecule has 5 N–H and O–H groups in total. The zero-order valence-electron chi connectivity index (χ0n) is 14.5. The number of carbonyl (C=O) groups is 1. The topological polar surface area (TPSA) is 111 Å². The highest BCUT2D eigenvalue weighted by atomic mass is 32.7. The zero-order chi connectivity index (χ0) is 18.5. The standard InChI is InChI=1S/C16H28N3O4PS/c1-14-8-4-5-9-15(14)19-16(20)18-11-7-3-2-6-10-17-12-13-25-24(21,22)23/h4-5,8-9,17H,2-3,6-7,10-13H2,1H3,(H2,18,19,20)(H2,21,22,23). The maximum absolute atomic E-state index is 11.8. The number of nitrogens with one attached hydrogen (secondary N) is 3. The molecule has 0 fully saturated rings. The van der Waals surface area contributed by atoms with Crippen molar-refractivity contribution in [3.63, 3.8) is 0 Å². The lowest BCUT2D eigenvalue weighted by Crippen LogP contribution is -2.29. The van der Waals surface area contributed by atoms with Gasteiger partial charge in [0.15, 0.2) is 0 Å². The van der Waals surface area contributed by atoms with Crippen LogP contribution >= 0.6 is 18.2 Å². The molecule has 0 saturated carbocycles. The number of aryl methyl sites for hydroxylation is 1. The van der Waals surface area contributed by atoms with Gasteiger partial charge in [0.05, 0.1) is 0 Å². The van der Waals surface area contributed by atoms with Crippen molar-refractivity contribution >= 4 is 29.9 Å². The lowest BCUT2D eigenvalue weighted by molar-refractivity contribution is 0.252. The fourth-order valence-corrected chi connectivity index (χ4v) is 3.63. The second-order valence-electron chi connectivity index (χ2n) is 5.68. The summed E-state index contributed by atoms with van der Waals surface area (Å²) in [6, 6.07) is 7.47. The van der Waals surface area contributed by atoms with Gasteiger partial charge in [-0.1, -0.05) is 31.0 Å². The fraction of sp³-hybridized carbons (Fsp3) is 0.562. The van der Waals surface area contributed by atoms with E-state index in [1.807, 2.05) is 31.2 Å². The van der Waals surface area contributed by atoms with Gasteiger partial charge in [-0.05, 0) is 49.3 Å². The minimum Gasteiger partial charge on any atom is -0.338 e. The maximum Gasteiger partial charge on any atom is 0.384 e. The summed E-state index contributed by atoms with van der Waals surface area (Å²) in [7, 11) is 0. The molecule has 7 nitrogen and oxygen atoms in total. The van der Waals surface area contributed by atoms with Crippen LogP contribution < -0.4 is 16.0 Å². The molecule has 0 heterocycles. The third-order valence-corrected chi connectivity index (χ3v) is 5.78. The van der Waals surface area contributed by atoms with Crippen molar-refractivity contribution in [1.82, 2.24) is 10.6 Å². The Morgan fingerprint density at radius 2 is 1.76 bits per heavy atom. The second-order valence-corrected chi connectivity index (χ2v) is 9.53. The molecule has 142 valence electrons. The van der Waals surface area contributed by atoms with Gasteiger partial charge in [-0.15, -0.1) is 0 Å². The van der Waals surface area contributed by atoms with E-state index in [1.165, 1.54) is 0 Å².